The number of pyridine rings is 1. The van der Waals surface area contributed by atoms with E-state index in [4.69, 9.17) is 4.74 Å². The van der Waals surface area contributed by atoms with Crippen molar-refractivity contribution >= 4 is 11.8 Å². The summed E-state index contributed by atoms with van der Waals surface area (Å²) in [4.78, 5) is 36.3. The Morgan fingerprint density at radius 3 is 2.80 bits per heavy atom. The van der Waals surface area contributed by atoms with Crippen LogP contribution < -0.4 is 5.56 Å². The number of aromatic nitrogens is 1. The molecule has 0 amide bonds. The molecule has 0 saturated heterocycles. The summed E-state index contributed by atoms with van der Waals surface area (Å²) in [5, 5.41) is 0. The Morgan fingerprint density at radius 2 is 2.10 bits per heavy atom. The maximum absolute atomic E-state index is 12.2. The Labute approximate surface area is 116 Å². The first-order valence-electron chi connectivity index (χ1n) is 6.85. The maximum Gasteiger partial charge on any atom is 0.314 e. The second-order valence-electron chi connectivity index (χ2n) is 5.73. The van der Waals surface area contributed by atoms with Crippen LogP contribution >= 0.6 is 0 Å². The second kappa shape index (κ2) is 4.58. The molecule has 0 aromatic carbocycles. The van der Waals surface area contributed by atoms with E-state index < -0.39 is 5.92 Å². The van der Waals surface area contributed by atoms with Crippen molar-refractivity contribution in [3.63, 3.8) is 0 Å². The number of esters is 1. The molecule has 20 heavy (non-hydrogen) atoms. The van der Waals surface area contributed by atoms with E-state index in [-0.39, 0.29) is 35.1 Å². The van der Waals surface area contributed by atoms with E-state index in [9.17, 15) is 14.4 Å². The molecule has 1 aromatic rings. The number of carbonyl (C=O) groups excluding carboxylic acids is 2. The Morgan fingerprint density at radius 1 is 1.35 bits per heavy atom. The Kier molecular flexibility index (Phi) is 3.00. The number of hydrogen-bond acceptors (Lipinski definition) is 4. The summed E-state index contributed by atoms with van der Waals surface area (Å²) in [7, 11) is 1.35. The van der Waals surface area contributed by atoms with Gasteiger partial charge in [-0.3, -0.25) is 14.4 Å². The fourth-order valence-corrected chi connectivity index (χ4v) is 3.80. The summed E-state index contributed by atoms with van der Waals surface area (Å²) in [6, 6.07) is 4.90. The minimum absolute atomic E-state index is 0.0586. The first-order valence-corrected chi connectivity index (χ1v) is 6.85. The fourth-order valence-electron chi connectivity index (χ4n) is 3.80. The number of methoxy groups -OCH3 is 1. The first kappa shape index (κ1) is 13.1. The molecule has 1 aromatic heterocycles. The van der Waals surface area contributed by atoms with Crippen molar-refractivity contribution < 1.29 is 14.3 Å². The molecule has 0 spiro atoms. The van der Waals surface area contributed by atoms with Crippen LogP contribution in [0.15, 0.2) is 23.0 Å². The van der Waals surface area contributed by atoms with Crippen molar-refractivity contribution in [1.29, 1.82) is 0 Å². The lowest BCUT2D eigenvalue weighted by Crippen LogP contribution is -2.42. The van der Waals surface area contributed by atoms with Crippen LogP contribution in [-0.4, -0.2) is 23.4 Å². The Hall–Kier alpha value is -1.91. The highest BCUT2D eigenvalue weighted by Gasteiger charge is 2.51. The molecule has 106 valence electrons. The Bertz CT molecular complexity index is 633. The molecular formula is C15H17NO4. The van der Waals surface area contributed by atoms with Gasteiger partial charge >= 0.3 is 5.97 Å². The standard InChI is InChI=1S/C15H17NO4/c1-8-6-11(17)9-7-16-10(4-3-5-12(16)18)14(13(8)9)15(19)20-2/h3-5,8-9,13-14H,6-7H2,1-2H3/t8-,9-,13+,14-/m0/s1. The molecule has 0 radical (unpaired) electrons. The topological polar surface area (TPSA) is 65.4 Å². The smallest absolute Gasteiger partial charge is 0.314 e. The quantitative estimate of drug-likeness (QED) is 0.716. The van der Waals surface area contributed by atoms with Crippen molar-refractivity contribution in [2.24, 2.45) is 17.8 Å². The molecule has 5 nitrogen and oxygen atoms in total. The molecule has 0 bridgehead atoms. The molecule has 4 atom stereocenters. The molecule has 2 aliphatic rings. The first-order chi connectivity index (χ1) is 9.54. The van der Waals surface area contributed by atoms with Gasteiger partial charge in [0.05, 0.1) is 7.11 Å². The van der Waals surface area contributed by atoms with Gasteiger partial charge in [-0.15, -0.1) is 0 Å². The number of hydrogen-bond donors (Lipinski definition) is 0. The highest BCUT2D eigenvalue weighted by atomic mass is 16.5. The molecule has 1 aliphatic heterocycles. The molecule has 0 unspecified atom stereocenters. The van der Waals surface area contributed by atoms with Gasteiger partial charge in [0.2, 0.25) is 0 Å². The number of fused-ring (bicyclic) bond motifs is 2. The maximum atomic E-state index is 12.2. The van der Waals surface area contributed by atoms with Gasteiger partial charge in [0.15, 0.2) is 0 Å². The molecule has 0 N–H and O–H groups in total. The van der Waals surface area contributed by atoms with Crippen LogP contribution in [0.5, 0.6) is 0 Å². The molecule has 1 aliphatic carbocycles. The summed E-state index contributed by atoms with van der Waals surface area (Å²) >= 11 is 0. The van der Waals surface area contributed by atoms with Crippen LogP contribution in [0.2, 0.25) is 0 Å². The SMILES string of the molecule is COC(=O)[C@H]1c2cccc(=O)n2C[C@H]2C(=O)C[C@H](C)[C@H]21. The summed E-state index contributed by atoms with van der Waals surface area (Å²) < 4.78 is 6.47. The molecule has 3 rings (SSSR count). The normalized spacial score (nSPS) is 31.6. The van der Waals surface area contributed by atoms with Crippen molar-refractivity contribution in [2.75, 3.05) is 7.11 Å². The van der Waals surface area contributed by atoms with E-state index in [1.165, 1.54) is 13.2 Å². The minimum atomic E-state index is -0.519. The van der Waals surface area contributed by atoms with Gasteiger partial charge in [-0.1, -0.05) is 13.0 Å². The zero-order valence-electron chi connectivity index (χ0n) is 11.5. The monoisotopic (exact) mass is 275 g/mol. The van der Waals surface area contributed by atoms with Gasteiger partial charge in [0.25, 0.3) is 5.56 Å². The van der Waals surface area contributed by atoms with Crippen molar-refractivity contribution in [1.82, 2.24) is 4.57 Å². The molecular weight excluding hydrogens is 258 g/mol. The predicted octanol–water partition coefficient (Wildman–Crippen LogP) is 0.960. The zero-order valence-corrected chi connectivity index (χ0v) is 11.5. The van der Waals surface area contributed by atoms with Crippen LogP contribution in [0, 0.1) is 17.8 Å². The fraction of sp³-hybridized carbons (Fsp3) is 0.533. The van der Waals surface area contributed by atoms with Crippen LogP contribution in [0.3, 0.4) is 0 Å². The van der Waals surface area contributed by atoms with Crippen LogP contribution in [0.4, 0.5) is 0 Å². The Balaban J connectivity index is 2.18. The molecule has 1 fully saturated rings. The van der Waals surface area contributed by atoms with Gasteiger partial charge in [-0.2, -0.15) is 0 Å². The van der Waals surface area contributed by atoms with Crippen molar-refractivity contribution in [3.8, 4) is 0 Å². The molecule has 5 heteroatoms. The van der Waals surface area contributed by atoms with Gasteiger partial charge in [-0.05, 0) is 17.9 Å². The lowest BCUT2D eigenvalue weighted by Gasteiger charge is -2.35. The number of nitrogens with zero attached hydrogens (tertiary/aromatic N) is 1. The predicted molar refractivity (Wildman–Crippen MR) is 71.2 cm³/mol. The molecule has 2 heterocycles. The van der Waals surface area contributed by atoms with Crippen LogP contribution in [-0.2, 0) is 20.9 Å². The highest BCUT2D eigenvalue weighted by molar-refractivity contribution is 5.87. The number of rotatable bonds is 1. The summed E-state index contributed by atoms with van der Waals surface area (Å²) in [5.41, 5.74) is 0.509. The van der Waals surface area contributed by atoms with Gasteiger partial charge < -0.3 is 9.30 Å². The average molecular weight is 275 g/mol. The van der Waals surface area contributed by atoms with Crippen molar-refractivity contribution in [3.05, 3.63) is 34.2 Å². The summed E-state index contributed by atoms with van der Waals surface area (Å²) in [6.45, 7) is 2.38. The number of Topliss-reactive ketones (excluding diaryl/α,β-unsaturated/α-hetero) is 1. The minimum Gasteiger partial charge on any atom is -0.468 e. The van der Waals surface area contributed by atoms with Crippen LogP contribution in [0.1, 0.15) is 25.0 Å². The van der Waals surface area contributed by atoms with Gasteiger partial charge in [-0.25, -0.2) is 0 Å². The number of ether oxygens (including phenoxy) is 1. The lowest BCUT2D eigenvalue weighted by atomic mass is 9.74. The highest BCUT2D eigenvalue weighted by Crippen LogP contribution is 2.47. The zero-order chi connectivity index (χ0) is 14.4. The van der Waals surface area contributed by atoms with E-state index in [2.05, 4.69) is 0 Å². The van der Waals surface area contributed by atoms with E-state index >= 15 is 0 Å². The largest absolute Gasteiger partial charge is 0.468 e. The third-order valence-electron chi connectivity index (χ3n) is 4.68. The van der Waals surface area contributed by atoms with E-state index in [0.29, 0.717) is 18.7 Å². The van der Waals surface area contributed by atoms with Gasteiger partial charge in [0, 0.05) is 30.6 Å². The third-order valence-corrected chi connectivity index (χ3v) is 4.68. The van der Waals surface area contributed by atoms with Crippen LogP contribution in [0.25, 0.3) is 0 Å². The lowest BCUT2D eigenvalue weighted by molar-refractivity contribution is -0.145. The summed E-state index contributed by atoms with van der Waals surface area (Å²) in [6.07, 6.45) is 0.478. The molecule has 1 saturated carbocycles. The van der Waals surface area contributed by atoms with Crippen molar-refractivity contribution in [2.45, 2.75) is 25.8 Å². The van der Waals surface area contributed by atoms with E-state index in [1.54, 1.807) is 16.7 Å². The number of ketones is 1. The van der Waals surface area contributed by atoms with E-state index in [1.807, 2.05) is 6.92 Å². The van der Waals surface area contributed by atoms with E-state index in [0.717, 1.165) is 0 Å². The van der Waals surface area contributed by atoms with Gasteiger partial charge in [0.1, 0.15) is 11.7 Å². The third kappa shape index (κ3) is 1.72. The summed E-state index contributed by atoms with van der Waals surface area (Å²) in [5.74, 6) is -0.897. The average Bonchev–Trinajstić information content (AvgIpc) is 2.72. The second-order valence-corrected chi connectivity index (χ2v) is 5.73. The number of carbonyl (C=O) groups is 2.